The van der Waals surface area contributed by atoms with E-state index in [1.807, 2.05) is 41.2 Å². The van der Waals surface area contributed by atoms with Gasteiger partial charge in [0.1, 0.15) is 24.4 Å². The number of fused-ring (bicyclic) bond motifs is 1. The molecule has 11 heteroatoms. The van der Waals surface area contributed by atoms with E-state index < -0.39 is 0 Å². The van der Waals surface area contributed by atoms with Crippen molar-refractivity contribution in [3.63, 3.8) is 0 Å². The van der Waals surface area contributed by atoms with Crippen LogP contribution in [-0.2, 0) is 0 Å². The number of nitrogens with one attached hydrogen (secondary N) is 2. The molecule has 1 atom stereocenters. The largest absolute Gasteiger partial charge is 0.383 e. The van der Waals surface area contributed by atoms with Gasteiger partial charge >= 0.3 is 0 Å². The zero-order chi connectivity index (χ0) is 27.9. The van der Waals surface area contributed by atoms with Gasteiger partial charge in [0.05, 0.1) is 45.8 Å². The van der Waals surface area contributed by atoms with Crippen LogP contribution < -0.4 is 10.6 Å². The summed E-state index contributed by atoms with van der Waals surface area (Å²) in [6.45, 7) is 7.10. The van der Waals surface area contributed by atoms with Crippen LogP contribution in [0.4, 0.5) is 11.4 Å². The maximum atomic E-state index is 9.84. The lowest BCUT2D eigenvalue weighted by atomic mass is 9.96. The molecule has 1 saturated carbocycles. The van der Waals surface area contributed by atoms with Crippen molar-refractivity contribution in [2.45, 2.75) is 45.7 Å². The monoisotopic (exact) mass is 552 g/mol. The number of benzene rings is 2. The van der Waals surface area contributed by atoms with Crippen molar-refractivity contribution in [1.29, 1.82) is 5.26 Å². The normalized spacial score (nSPS) is 14.2. The lowest BCUT2D eigenvalue weighted by Crippen LogP contribution is -2.20. The van der Waals surface area contributed by atoms with Crippen LogP contribution in [0.25, 0.3) is 16.6 Å². The van der Waals surface area contributed by atoms with Crippen LogP contribution in [0.5, 0.6) is 0 Å². The fourth-order valence-corrected chi connectivity index (χ4v) is 4.86. The summed E-state index contributed by atoms with van der Waals surface area (Å²) < 4.78 is 3.66. The maximum Gasteiger partial charge on any atom is 0.138 e. The van der Waals surface area contributed by atoms with Crippen molar-refractivity contribution in [2.24, 2.45) is 5.41 Å². The molecule has 0 unspecified atom stereocenters. The summed E-state index contributed by atoms with van der Waals surface area (Å²) >= 11 is 6.78. The van der Waals surface area contributed by atoms with Gasteiger partial charge in [-0.15, -0.1) is 5.10 Å². The third kappa shape index (κ3) is 5.33. The van der Waals surface area contributed by atoms with E-state index in [1.165, 1.54) is 6.33 Å². The van der Waals surface area contributed by atoms with Crippen molar-refractivity contribution >= 4 is 33.9 Å². The number of rotatable bonds is 8. The number of aromatic nitrogens is 7. The number of nitriles is 1. The highest BCUT2D eigenvalue weighted by Crippen LogP contribution is 2.37. The van der Waals surface area contributed by atoms with Gasteiger partial charge < -0.3 is 10.6 Å². The second-order valence-corrected chi connectivity index (χ2v) is 11.7. The molecule has 3 heterocycles. The van der Waals surface area contributed by atoms with Crippen LogP contribution >= 0.6 is 11.6 Å². The minimum atomic E-state index is -0.331. The Bertz CT molecular complexity index is 1710. The van der Waals surface area contributed by atoms with Gasteiger partial charge in [-0.1, -0.05) is 49.7 Å². The molecule has 3 aromatic heterocycles. The highest BCUT2D eigenvalue weighted by Gasteiger charge is 2.27. The molecule has 0 bridgehead atoms. The first kappa shape index (κ1) is 25.8. The topological polar surface area (TPSA) is 122 Å². The molecule has 2 aromatic carbocycles. The Hall–Kier alpha value is -4.49. The third-order valence-corrected chi connectivity index (χ3v) is 7.07. The Balaban J connectivity index is 1.43. The molecular formula is C29H29ClN10. The molecule has 10 nitrogen and oxygen atoms in total. The number of nitrogens with zero attached hydrogens (tertiary/aromatic N) is 8. The first-order valence-electron chi connectivity index (χ1n) is 13.2. The molecule has 1 aliphatic rings. The van der Waals surface area contributed by atoms with Crippen LogP contribution in [-0.4, -0.2) is 41.3 Å². The molecule has 0 amide bonds. The van der Waals surface area contributed by atoms with Gasteiger partial charge in [0, 0.05) is 23.8 Å². The van der Waals surface area contributed by atoms with E-state index in [0.717, 1.165) is 46.5 Å². The van der Waals surface area contributed by atoms with Crippen molar-refractivity contribution in [2.75, 3.05) is 17.2 Å². The molecule has 1 aliphatic carbocycles. The predicted octanol–water partition coefficient (Wildman–Crippen LogP) is 5.93. The van der Waals surface area contributed by atoms with E-state index in [9.17, 15) is 5.26 Å². The molecular weight excluding hydrogens is 524 g/mol. The Labute approximate surface area is 237 Å². The van der Waals surface area contributed by atoms with E-state index in [-0.39, 0.29) is 11.5 Å². The molecule has 0 saturated heterocycles. The molecule has 0 aliphatic heterocycles. The fourth-order valence-electron chi connectivity index (χ4n) is 4.60. The van der Waals surface area contributed by atoms with E-state index in [2.05, 4.69) is 68.9 Å². The van der Waals surface area contributed by atoms with Crippen LogP contribution in [0.1, 0.15) is 62.5 Å². The van der Waals surface area contributed by atoms with E-state index >= 15 is 0 Å². The van der Waals surface area contributed by atoms with Crippen molar-refractivity contribution < 1.29 is 0 Å². The molecule has 0 spiro atoms. The van der Waals surface area contributed by atoms with Crippen molar-refractivity contribution in [1.82, 2.24) is 34.7 Å². The molecule has 1 fully saturated rings. The minimum absolute atomic E-state index is 0.00949. The lowest BCUT2D eigenvalue weighted by Gasteiger charge is -2.22. The molecule has 0 radical (unpaired) electrons. The Morgan fingerprint density at radius 1 is 1.20 bits per heavy atom. The molecule has 202 valence electrons. The lowest BCUT2D eigenvalue weighted by molar-refractivity contribution is 0.443. The van der Waals surface area contributed by atoms with Crippen LogP contribution in [0.3, 0.4) is 0 Å². The predicted molar refractivity (Wildman–Crippen MR) is 155 cm³/mol. The highest BCUT2D eigenvalue weighted by atomic mass is 35.5. The van der Waals surface area contributed by atoms with Gasteiger partial charge in [-0.3, -0.25) is 4.98 Å². The third-order valence-electron chi connectivity index (χ3n) is 6.78. The first-order valence-corrected chi connectivity index (χ1v) is 13.6. The summed E-state index contributed by atoms with van der Waals surface area (Å²) in [6.07, 6.45) is 8.98. The Morgan fingerprint density at radius 2 is 2.05 bits per heavy atom. The van der Waals surface area contributed by atoms with Crippen molar-refractivity contribution in [3.05, 3.63) is 83.3 Å². The molecule has 40 heavy (non-hydrogen) atoms. The first-order chi connectivity index (χ1) is 19.3. The van der Waals surface area contributed by atoms with Crippen LogP contribution in [0, 0.1) is 16.7 Å². The Kier molecular flexibility index (Phi) is 6.60. The van der Waals surface area contributed by atoms with E-state index in [4.69, 9.17) is 11.6 Å². The number of hydrogen-bond acceptors (Lipinski definition) is 8. The van der Waals surface area contributed by atoms with Gasteiger partial charge in [0.2, 0.25) is 0 Å². The maximum absolute atomic E-state index is 9.84. The van der Waals surface area contributed by atoms with Gasteiger partial charge in [-0.2, -0.15) is 10.4 Å². The summed E-state index contributed by atoms with van der Waals surface area (Å²) in [5.74, 6) is 0. The van der Waals surface area contributed by atoms with E-state index in [0.29, 0.717) is 28.7 Å². The molecule has 2 N–H and O–H groups in total. The summed E-state index contributed by atoms with van der Waals surface area (Å²) in [6, 6.07) is 14.2. The van der Waals surface area contributed by atoms with Crippen LogP contribution in [0.15, 0.2) is 61.4 Å². The second-order valence-electron chi connectivity index (χ2n) is 11.3. The van der Waals surface area contributed by atoms with Gasteiger partial charge in [-0.05, 0) is 48.1 Å². The molecule has 6 rings (SSSR count). The fraction of sp³-hybridized carbons (Fsp3) is 0.310. The van der Waals surface area contributed by atoms with Gasteiger partial charge in [0.15, 0.2) is 0 Å². The zero-order valence-corrected chi connectivity index (χ0v) is 23.3. The number of pyridine rings is 1. The summed E-state index contributed by atoms with van der Waals surface area (Å²) in [7, 11) is 0. The zero-order valence-electron chi connectivity index (χ0n) is 22.5. The number of anilines is 2. The van der Waals surface area contributed by atoms with Gasteiger partial charge in [0.25, 0.3) is 0 Å². The Morgan fingerprint density at radius 3 is 2.77 bits per heavy atom. The quantitative estimate of drug-likeness (QED) is 0.243. The van der Waals surface area contributed by atoms with Crippen molar-refractivity contribution in [3.8, 4) is 11.8 Å². The summed E-state index contributed by atoms with van der Waals surface area (Å²) in [4.78, 5) is 8.58. The van der Waals surface area contributed by atoms with Crippen LogP contribution in [0.2, 0.25) is 5.02 Å². The highest BCUT2D eigenvalue weighted by molar-refractivity contribution is 6.35. The summed E-state index contributed by atoms with van der Waals surface area (Å²) in [5.41, 5.74) is 5.24. The number of hydrogen-bond donors (Lipinski definition) is 2. The number of halogens is 1. The summed E-state index contributed by atoms with van der Waals surface area (Å²) in [5, 5.41) is 31.4. The second kappa shape index (κ2) is 10.2. The SMILES string of the molecule is CC(C)(C)CNc1c(C#N)cnc2c(Cl)cc(N[C@@H](c3cccc(-n4cncn4)c3)c3cn(C4CC4)nn3)cc12. The van der Waals surface area contributed by atoms with E-state index in [1.54, 1.807) is 17.2 Å². The molecule has 5 aromatic rings. The smallest absolute Gasteiger partial charge is 0.138 e. The van der Waals surface area contributed by atoms with Gasteiger partial charge in [-0.25, -0.2) is 14.3 Å². The average Bonchev–Trinajstić information content (AvgIpc) is 3.41. The average molecular weight is 553 g/mol. The standard InChI is InChI=1S/C29H29ClN10/c1-29(2,3)15-34-26-19(12-31)13-33-28-23(26)10-20(11-24(28)30)36-27(25-14-39(38-37-25)21-7-8-21)18-5-4-6-22(9-18)40-17-32-16-35-40/h4-6,9-11,13-14,16-17,21,27,36H,7-8,15H2,1-3H3,(H,33,34)/t27-/m0/s1. The minimum Gasteiger partial charge on any atom is -0.383 e.